The summed E-state index contributed by atoms with van der Waals surface area (Å²) in [6.45, 7) is 3.44. The monoisotopic (exact) mass is 425 g/mol. The Morgan fingerprint density at radius 3 is 2.87 bits per heavy atom. The summed E-state index contributed by atoms with van der Waals surface area (Å²) >= 11 is 0. The van der Waals surface area contributed by atoms with Crippen LogP contribution in [0.4, 0.5) is 8.78 Å². The van der Waals surface area contributed by atoms with E-state index >= 15 is 0 Å². The molecule has 0 radical (unpaired) electrons. The van der Waals surface area contributed by atoms with Crippen molar-refractivity contribution in [1.82, 2.24) is 4.98 Å². The zero-order valence-electron chi connectivity index (χ0n) is 17.3. The third-order valence-corrected chi connectivity index (χ3v) is 7.18. The van der Waals surface area contributed by atoms with Crippen molar-refractivity contribution in [2.45, 2.75) is 25.9 Å². The lowest BCUT2D eigenvalue weighted by Gasteiger charge is -2.45. The summed E-state index contributed by atoms with van der Waals surface area (Å²) in [5.74, 6) is -0.677. The van der Waals surface area contributed by atoms with Gasteiger partial charge >= 0.3 is 5.97 Å². The second kappa shape index (κ2) is 8.15. The SMILES string of the molecule is C[C@H]1OC(=O)[C@@H]2C[C@@H]3COCC[C@H]3[C@H](/C=C/c3ccc(-c4cccc(F)c4F)cn3)[C@H]12. The molecular formula is C25H25F2NO3. The number of cyclic esters (lactones) is 1. The molecule has 2 aliphatic heterocycles. The molecule has 0 bridgehead atoms. The molecule has 2 aromatic rings. The lowest BCUT2D eigenvalue weighted by atomic mass is 9.60. The van der Waals surface area contributed by atoms with Gasteiger partial charge in [-0.3, -0.25) is 9.78 Å². The molecule has 5 rings (SSSR count). The molecule has 3 heterocycles. The number of rotatable bonds is 3. The number of benzene rings is 1. The van der Waals surface area contributed by atoms with Gasteiger partial charge in [-0.1, -0.05) is 24.3 Å². The molecule has 0 spiro atoms. The summed E-state index contributed by atoms with van der Waals surface area (Å²) in [6, 6.07) is 7.67. The van der Waals surface area contributed by atoms with Crippen LogP contribution >= 0.6 is 0 Å². The lowest BCUT2D eigenvalue weighted by Crippen LogP contribution is -2.45. The van der Waals surface area contributed by atoms with Crippen LogP contribution in [-0.2, 0) is 14.3 Å². The standard InChI is InChI=1S/C25H25F2NO3/c1-14-23-20(18-9-10-30-13-16(18)11-21(23)25(29)31-14)8-7-17-6-5-15(12-28-17)19-3-2-4-22(26)24(19)27/h2-8,12,14,16,18,20-21,23H,9-11,13H2,1H3/b8-7+/t14-,16-,18-,20+,21-,23+/m1/s1. The van der Waals surface area contributed by atoms with Gasteiger partial charge in [-0.15, -0.1) is 0 Å². The number of esters is 1. The molecule has 3 fully saturated rings. The summed E-state index contributed by atoms with van der Waals surface area (Å²) < 4.78 is 38.9. The average molecular weight is 425 g/mol. The molecular weight excluding hydrogens is 400 g/mol. The molecule has 3 aliphatic rings. The molecule has 4 nitrogen and oxygen atoms in total. The first-order valence-corrected chi connectivity index (χ1v) is 10.9. The fourth-order valence-corrected chi connectivity index (χ4v) is 5.71. The second-order valence-corrected chi connectivity index (χ2v) is 8.86. The van der Waals surface area contributed by atoms with Gasteiger partial charge in [-0.05, 0) is 55.7 Å². The van der Waals surface area contributed by atoms with Crippen LogP contribution in [-0.4, -0.2) is 30.3 Å². The lowest BCUT2D eigenvalue weighted by molar-refractivity contribution is -0.144. The summed E-state index contributed by atoms with van der Waals surface area (Å²) in [6.07, 6.45) is 7.43. The Hall–Kier alpha value is -2.60. The number of fused-ring (bicyclic) bond motifs is 2. The Balaban J connectivity index is 1.40. The molecule has 1 saturated carbocycles. The van der Waals surface area contributed by atoms with Crippen molar-refractivity contribution in [2.75, 3.05) is 13.2 Å². The van der Waals surface area contributed by atoms with Crippen LogP contribution in [0.1, 0.15) is 25.5 Å². The maximum Gasteiger partial charge on any atom is 0.309 e. The van der Waals surface area contributed by atoms with Crippen LogP contribution in [0, 0.1) is 41.2 Å². The van der Waals surface area contributed by atoms with Gasteiger partial charge in [-0.25, -0.2) is 8.78 Å². The number of pyridine rings is 1. The number of aromatic nitrogens is 1. The Morgan fingerprint density at radius 1 is 1.19 bits per heavy atom. The first-order chi connectivity index (χ1) is 15.0. The highest BCUT2D eigenvalue weighted by atomic mass is 19.2. The highest BCUT2D eigenvalue weighted by molar-refractivity contribution is 5.75. The zero-order valence-corrected chi connectivity index (χ0v) is 17.3. The Labute approximate surface area is 180 Å². The maximum atomic E-state index is 14.1. The topological polar surface area (TPSA) is 48.4 Å². The van der Waals surface area contributed by atoms with Crippen LogP contribution in [0.3, 0.4) is 0 Å². The normalized spacial score (nSPS) is 32.5. The minimum Gasteiger partial charge on any atom is -0.462 e. The summed E-state index contributed by atoms with van der Waals surface area (Å²) in [5.41, 5.74) is 1.46. The fourth-order valence-electron chi connectivity index (χ4n) is 5.71. The van der Waals surface area contributed by atoms with Crippen molar-refractivity contribution in [3.8, 4) is 11.1 Å². The third kappa shape index (κ3) is 3.67. The summed E-state index contributed by atoms with van der Waals surface area (Å²) in [4.78, 5) is 16.8. The number of carbonyl (C=O) groups is 1. The van der Waals surface area contributed by atoms with E-state index in [1.165, 1.54) is 12.1 Å². The quantitative estimate of drug-likeness (QED) is 0.657. The van der Waals surface area contributed by atoms with Gasteiger partial charge in [0.2, 0.25) is 0 Å². The molecule has 0 unspecified atom stereocenters. The van der Waals surface area contributed by atoms with E-state index in [0.29, 0.717) is 24.0 Å². The minimum atomic E-state index is -0.873. The van der Waals surface area contributed by atoms with E-state index in [0.717, 1.165) is 31.2 Å². The van der Waals surface area contributed by atoms with E-state index in [1.807, 2.05) is 13.0 Å². The number of hydrogen-bond acceptors (Lipinski definition) is 4. The summed E-state index contributed by atoms with van der Waals surface area (Å²) in [5, 5.41) is 0. The number of hydrogen-bond donors (Lipinski definition) is 0. The maximum absolute atomic E-state index is 14.1. The van der Waals surface area contributed by atoms with Crippen molar-refractivity contribution >= 4 is 12.0 Å². The average Bonchev–Trinajstić information content (AvgIpc) is 3.07. The van der Waals surface area contributed by atoms with E-state index in [-0.39, 0.29) is 35.4 Å². The third-order valence-electron chi connectivity index (χ3n) is 7.18. The van der Waals surface area contributed by atoms with E-state index in [2.05, 4.69) is 11.1 Å². The van der Waals surface area contributed by atoms with Gasteiger partial charge in [0.1, 0.15) is 6.10 Å². The van der Waals surface area contributed by atoms with Crippen molar-refractivity contribution < 1.29 is 23.0 Å². The Kier molecular flexibility index (Phi) is 5.34. The highest BCUT2D eigenvalue weighted by Gasteiger charge is 2.54. The highest BCUT2D eigenvalue weighted by Crippen LogP contribution is 2.51. The van der Waals surface area contributed by atoms with Crippen LogP contribution < -0.4 is 0 Å². The molecule has 0 amide bonds. The van der Waals surface area contributed by atoms with Gasteiger partial charge in [-0.2, -0.15) is 0 Å². The molecule has 6 atom stereocenters. The van der Waals surface area contributed by atoms with Crippen molar-refractivity contribution in [3.63, 3.8) is 0 Å². The first-order valence-electron chi connectivity index (χ1n) is 10.9. The molecule has 0 N–H and O–H groups in total. The molecule has 1 aromatic carbocycles. The number of nitrogens with zero attached hydrogens (tertiary/aromatic N) is 1. The number of ether oxygens (including phenoxy) is 2. The van der Waals surface area contributed by atoms with E-state index in [4.69, 9.17) is 9.47 Å². The molecule has 2 saturated heterocycles. The van der Waals surface area contributed by atoms with Crippen molar-refractivity contribution in [2.24, 2.45) is 29.6 Å². The smallest absolute Gasteiger partial charge is 0.309 e. The predicted octanol–water partition coefficient (Wildman–Crippen LogP) is 4.89. The predicted molar refractivity (Wildman–Crippen MR) is 112 cm³/mol. The van der Waals surface area contributed by atoms with Gasteiger partial charge < -0.3 is 9.47 Å². The van der Waals surface area contributed by atoms with Gasteiger partial charge in [0, 0.05) is 36.5 Å². The molecule has 6 heteroatoms. The number of carbonyl (C=O) groups excluding carboxylic acids is 1. The molecule has 1 aliphatic carbocycles. The second-order valence-electron chi connectivity index (χ2n) is 8.86. The largest absolute Gasteiger partial charge is 0.462 e. The van der Waals surface area contributed by atoms with Crippen LogP contribution in [0.5, 0.6) is 0 Å². The fraction of sp³-hybridized carbons (Fsp3) is 0.440. The number of halogens is 2. The number of allylic oxidation sites excluding steroid dienone is 1. The van der Waals surface area contributed by atoms with Crippen molar-refractivity contribution in [1.29, 1.82) is 0 Å². The molecule has 31 heavy (non-hydrogen) atoms. The molecule has 1 aromatic heterocycles. The summed E-state index contributed by atoms with van der Waals surface area (Å²) in [7, 11) is 0. The zero-order chi connectivity index (χ0) is 21.5. The van der Waals surface area contributed by atoms with E-state index in [9.17, 15) is 13.6 Å². The Morgan fingerprint density at radius 2 is 2.06 bits per heavy atom. The van der Waals surface area contributed by atoms with Crippen molar-refractivity contribution in [3.05, 3.63) is 59.9 Å². The van der Waals surface area contributed by atoms with Gasteiger partial charge in [0.25, 0.3) is 0 Å². The van der Waals surface area contributed by atoms with Gasteiger partial charge in [0.15, 0.2) is 11.6 Å². The molecule has 162 valence electrons. The first kappa shape index (κ1) is 20.3. The van der Waals surface area contributed by atoms with E-state index < -0.39 is 11.6 Å². The Bertz CT molecular complexity index is 1010. The van der Waals surface area contributed by atoms with Crippen LogP contribution in [0.2, 0.25) is 0 Å². The van der Waals surface area contributed by atoms with E-state index in [1.54, 1.807) is 18.3 Å². The van der Waals surface area contributed by atoms with Crippen LogP contribution in [0.25, 0.3) is 17.2 Å². The minimum absolute atomic E-state index is 0.0705. The van der Waals surface area contributed by atoms with Gasteiger partial charge in [0.05, 0.1) is 11.6 Å². The van der Waals surface area contributed by atoms with Crippen LogP contribution in [0.15, 0.2) is 42.6 Å².